The summed E-state index contributed by atoms with van der Waals surface area (Å²) in [6, 6.07) is 11.9. The van der Waals surface area contributed by atoms with Crippen LogP contribution in [0, 0.1) is 0 Å². The zero-order chi connectivity index (χ0) is 18.1. The Morgan fingerprint density at radius 1 is 1.20 bits per heavy atom. The second-order valence-corrected chi connectivity index (χ2v) is 6.18. The number of para-hydroxylation sites is 1. The molecule has 0 saturated heterocycles. The van der Waals surface area contributed by atoms with Crippen molar-refractivity contribution in [3.05, 3.63) is 54.0 Å². The molecule has 0 bridgehead atoms. The molecule has 2 aromatic rings. The number of benzene rings is 1. The normalized spacial score (nSPS) is 11.6. The zero-order valence-corrected chi connectivity index (χ0v) is 15.0. The number of thioether (sulfide) groups is 1. The van der Waals surface area contributed by atoms with E-state index < -0.39 is 17.9 Å². The lowest BCUT2D eigenvalue weighted by Gasteiger charge is -2.15. The van der Waals surface area contributed by atoms with Crippen molar-refractivity contribution in [3.63, 3.8) is 0 Å². The lowest BCUT2D eigenvalue weighted by molar-refractivity contribution is -0.142. The molecule has 1 aromatic heterocycles. The van der Waals surface area contributed by atoms with E-state index in [-0.39, 0.29) is 12.4 Å². The number of methoxy groups -OCH3 is 1. The molecule has 6 nitrogen and oxygen atoms in total. The summed E-state index contributed by atoms with van der Waals surface area (Å²) in [6.45, 7) is 0.212. The summed E-state index contributed by atoms with van der Waals surface area (Å²) in [6.07, 6.45) is 2.42. The van der Waals surface area contributed by atoms with Gasteiger partial charge in [0.05, 0.1) is 7.11 Å². The average molecular weight is 363 g/mol. The van der Waals surface area contributed by atoms with E-state index >= 15 is 0 Å². The predicted molar refractivity (Wildman–Crippen MR) is 95.8 cm³/mol. The first kappa shape index (κ1) is 18.9. The molecule has 1 atom stereocenters. The Hall–Kier alpha value is -2.41. The Labute approximate surface area is 150 Å². The second kappa shape index (κ2) is 9.78. The fourth-order valence-electron chi connectivity index (χ4n) is 2.10. The quantitative estimate of drug-likeness (QED) is 0.690. The fourth-order valence-corrected chi connectivity index (χ4v) is 2.58. The van der Waals surface area contributed by atoms with Crippen LogP contribution < -0.4 is 10.1 Å². The summed E-state index contributed by atoms with van der Waals surface area (Å²) >= 11 is 1.59. The van der Waals surface area contributed by atoms with Crippen molar-refractivity contribution in [1.82, 2.24) is 5.32 Å². The van der Waals surface area contributed by atoms with Gasteiger partial charge in [0, 0.05) is 0 Å². The zero-order valence-electron chi connectivity index (χ0n) is 14.2. The van der Waals surface area contributed by atoms with Crippen molar-refractivity contribution in [1.29, 1.82) is 0 Å². The van der Waals surface area contributed by atoms with E-state index in [2.05, 4.69) is 5.32 Å². The minimum Gasteiger partial charge on any atom is -0.486 e. The first-order valence-electron chi connectivity index (χ1n) is 7.78. The Balaban J connectivity index is 1.93. The molecule has 1 heterocycles. The molecule has 1 amide bonds. The van der Waals surface area contributed by atoms with Crippen molar-refractivity contribution in [2.45, 2.75) is 19.1 Å². The number of carbonyl (C=O) groups excluding carboxylic acids is 2. The van der Waals surface area contributed by atoms with Crippen molar-refractivity contribution in [2.75, 3.05) is 19.1 Å². The molecule has 134 valence electrons. The molecular weight excluding hydrogens is 342 g/mol. The van der Waals surface area contributed by atoms with Gasteiger partial charge in [-0.2, -0.15) is 11.8 Å². The van der Waals surface area contributed by atoms with E-state index in [1.165, 1.54) is 7.11 Å². The van der Waals surface area contributed by atoms with Gasteiger partial charge >= 0.3 is 5.97 Å². The molecule has 0 radical (unpaired) electrons. The van der Waals surface area contributed by atoms with Crippen molar-refractivity contribution < 1.29 is 23.5 Å². The first-order chi connectivity index (χ1) is 12.1. The molecule has 0 aliphatic carbocycles. The number of furan rings is 1. The van der Waals surface area contributed by atoms with Crippen LogP contribution in [0.15, 0.2) is 46.9 Å². The Kier molecular flexibility index (Phi) is 7.40. The third kappa shape index (κ3) is 5.86. The highest BCUT2D eigenvalue weighted by Gasteiger charge is 2.23. The number of rotatable bonds is 9. The van der Waals surface area contributed by atoms with E-state index in [4.69, 9.17) is 13.9 Å². The molecule has 1 N–H and O–H groups in total. The van der Waals surface area contributed by atoms with Crippen LogP contribution in [0.4, 0.5) is 0 Å². The van der Waals surface area contributed by atoms with Crippen LogP contribution >= 0.6 is 11.8 Å². The SMILES string of the molecule is COC(=O)[C@H](CCSC)NC(=O)c1ccc(COc2ccccc2)o1. The number of nitrogens with one attached hydrogen (secondary N) is 1. The van der Waals surface area contributed by atoms with Gasteiger partial charge in [-0.15, -0.1) is 0 Å². The number of hydrogen-bond acceptors (Lipinski definition) is 6. The molecule has 0 unspecified atom stereocenters. The maximum atomic E-state index is 12.3. The molecule has 7 heteroatoms. The molecule has 0 saturated carbocycles. The molecule has 0 spiro atoms. The molecule has 1 aromatic carbocycles. The van der Waals surface area contributed by atoms with Gasteiger partial charge in [-0.3, -0.25) is 4.79 Å². The molecule has 0 fully saturated rings. The largest absolute Gasteiger partial charge is 0.486 e. The van der Waals surface area contributed by atoms with Crippen LogP contribution in [-0.4, -0.2) is 37.0 Å². The third-order valence-electron chi connectivity index (χ3n) is 3.41. The monoisotopic (exact) mass is 363 g/mol. The lowest BCUT2D eigenvalue weighted by Crippen LogP contribution is -2.41. The van der Waals surface area contributed by atoms with Gasteiger partial charge in [0.1, 0.15) is 24.2 Å². The molecular formula is C18H21NO5S. The Morgan fingerprint density at radius 2 is 1.96 bits per heavy atom. The van der Waals surface area contributed by atoms with E-state index in [0.29, 0.717) is 17.9 Å². The van der Waals surface area contributed by atoms with Crippen LogP contribution in [0.25, 0.3) is 0 Å². The molecule has 0 aliphatic heterocycles. The van der Waals surface area contributed by atoms with Crippen LogP contribution in [0.1, 0.15) is 22.7 Å². The van der Waals surface area contributed by atoms with Gasteiger partial charge in [0.15, 0.2) is 5.76 Å². The second-order valence-electron chi connectivity index (χ2n) is 5.20. The minimum atomic E-state index is -0.695. The molecule has 2 rings (SSSR count). The summed E-state index contributed by atoms with van der Waals surface area (Å²) in [5, 5.41) is 2.64. The maximum Gasteiger partial charge on any atom is 0.328 e. The van der Waals surface area contributed by atoms with Crippen molar-refractivity contribution in [2.24, 2.45) is 0 Å². The third-order valence-corrected chi connectivity index (χ3v) is 4.06. The van der Waals surface area contributed by atoms with Gasteiger partial charge in [-0.1, -0.05) is 18.2 Å². The smallest absolute Gasteiger partial charge is 0.328 e. The maximum absolute atomic E-state index is 12.3. The van der Waals surface area contributed by atoms with Crippen LogP contribution in [0.2, 0.25) is 0 Å². The van der Waals surface area contributed by atoms with Crippen LogP contribution in [0.3, 0.4) is 0 Å². The minimum absolute atomic E-state index is 0.129. The Bertz CT molecular complexity index is 686. The van der Waals surface area contributed by atoms with Crippen molar-refractivity contribution >= 4 is 23.6 Å². The van der Waals surface area contributed by atoms with E-state index in [0.717, 1.165) is 5.75 Å². The number of hydrogen-bond donors (Lipinski definition) is 1. The number of ether oxygens (including phenoxy) is 2. The summed E-state index contributed by atoms with van der Waals surface area (Å²) < 4.78 is 15.8. The highest BCUT2D eigenvalue weighted by atomic mass is 32.2. The Morgan fingerprint density at radius 3 is 2.64 bits per heavy atom. The first-order valence-corrected chi connectivity index (χ1v) is 9.17. The molecule has 0 aliphatic rings. The van der Waals surface area contributed by atoms with Gasteiger partial charge in [0.25, 0.3) is 5.91 Å². The number of carbonyl (C=O) groups is 2. The highest BCUT2D eigenvalue weighted by Crippen LogP contribution is 2.14. The van der Waals surface area contributed by atoms with Crippen molar-refractivity contribution in [3.8, 4) is 5.75 Å². The summed E-state index contributed by atoms with van der Waals surface area (Å²) in [5.74, 6) is 1.17. The van der Waals surface area contributed by atoms with Gasteiger partial charge in [-0.05, 0) is 42.7 Å². The van der Waals surface area contributed by atoms with E-state index in [1.807, 2.05) is 36.6 Å². The fraction of sp³-hybridized carbons (Fsp3) is 0.333. The van der Waals surface area contributed by atoms with E-state index in [9.17, 15) is 9.59 Å². The average Bonchev–Trinajstić information content (AvgIpc) is 3.12. The van der Waals surface area contributed by atoms with Crippen LogP contribution in [0.5, 0.6) is 5.75 Å². The summed E-state index contributed by atoms with van der Waals surface area (Å²) in [5.41, 5.74) is 0. The number of amides is 1. The summed E-state index contributed by atoms with van der Waals surface area (Å²) in [7, 11) is 1.30. The van der Waals surface area contributed by atoms with Gasteiger partial charge < -0.3 is 19.2 Å². The van der Waals surface area contributed by atoms with Gasteiger partial charge in [0.2, 0.25) is 0 Å². The standard InChI is InChI=1S/C18H21NO5S/c1-22-18(21)15(10-11-25-2)19-17(20)16-9-8-14(24-16)12-23-13-6-4-3-5-7-13/h3-9,15H,10-12H2,1-2H3,(H,19,20)/t15-/m0/s1. The van der Waals surface area contributed by atoms with Crippen LogP contribution in [-0.2, 0) is 16.1 Å². The summed E-state index contributed by atoms with van der Waals surface area (Å²) in [4.78, 5) is 24.0. The highest BCUT2D eigenvalue weighted by molar-refractivity contribution is 7.98. The number of esters is 1. The van der Waals surface area contributed by atoms with E-state index in [1.54, 1.807) is 23.9 Å². The topological polar surface area (TPSA) is 77.8 Å². The molecule has 25 heavy (non-hydrogen) atoms. The van der Waals surface area contributed by atoms with Gasteiger partial charge in [-0.25, -0.2) is 4.79 Å². The predicted octanol–water partition coefficient (Wildman–Crippen LogP) is 2.88. The lowest BCUT2D eigenvalue weighted by atomic mass is 10.2.